The van der Waals surface area contributed by atoms with Gasteiger partial charge in [0.15, 0.2) is 0 Å². The molecular formula is C16H17BrN2O3S2. The van der Waals surface area contributed by atoms with Crippen LogP contribution >= 0.6 is 27.3 Å². The van der Waals surface area contributed by atoms with E-state index in [1.54, 1.807) is 29.2 Å². The van der Waals surface area contributed by atoms with E-state index < -0.39 is 10.0 Å². The van der Waals surface area contributed by atoms with E-state index in [2.05, 4.69) is 15.9 Å². The summed E-state index contributed by atoms with van der Waals surface area (Å²) >= 11 is 4.77. The summed E-state index contributed by atoms with van der Waals surface area (Å²) in [5.41, 5.74) is 0. The molecule has 1 aliphatic heterocycles. The van der Waals surface area contributed by atoms with E-state index in [0.29, 0.717) is 31.1 Å². The largest absolute Gasteiger partial charge is 0.335 e. The molecule has 1 aromatic heterocycles. The number of carbonyl (C=O) groups is 1. The number of aryl methyl sites for hydroxylation is 1. The van der Waals surface area contributed by atoms with Gasteiger partial charge in [-0.1, -0.05) is 22.0 Å². The van der Waals surface area contributed by atoms with Gasteiger partial charge in [-0.15, -0.1) is 11.3 Å². The van der Waals surface area contributed by atoms with Crippen LogP contribution in [0.15, 0.2) is 45.8 Å². The quantitative estimate of drug-likeness (QED) is 0.754. The highest BCUT2D eigenvalue weighted by Crippen LogP contribution is 2.22. The summed E-state index contributed by atoms with van der Waals surface area (Å²) in [7, 11) is -3.53. The molecule has 3 rings (SSSR count). The number of hydrogen-bond acceptors (Lipinski definition) is 4. The van der Waals surface area contributed by atoms with E-state index >= 15 is 0 Å². The number of rotatable bonds is 3. The second-order valence-electron chi connectivity index (χ2n) is 5.56. The number of thiophene rings is 1. The molecule has 0 bridgehead atoms. The lowest BCUT2D eigenvalue weighted by Gasteiger charge is -2.33. The van der Waals surface area contributed by atoms with E-state index in [1.165, 1.54) is 15.6 Å². The summed E-state index contributed by atoms with van der Waals surface area (Å²) in [5.74, 6) is -0.0207. The normalized spacial score (nSPS) is 16.3. The van der Waals surface area contributed by atoms with Crippen LogP contribution in [0.4, 0.5) is 0 Å². The monoisotopic (exact) mass is 428 g/mol. The molecule has 2 aromatic rings. The van der Waals surface area contributed by atoms with Crippen LogP contribution in [0.25, 0.3) is 0 Å². The van der Waals surface area contributed by atoms with Crippen molar-refractivity contribution in [2.24, 2.45) is 0 Å². The summed E-state index contributed by atoms with van der Waals surface area (Å²) in [6, 6.07) is 10.4. The molecule has 128 valence electrons. The standard InChI is InChI=1S/C16H17BrN2O3S2/c1-12-5-6-15(23-12)16(20)18-7-9-19(10-8-18)24(21,22)14-4-2-3-13(17)11-14/h2-6,11H,7-10H2,1H3. The van der Waals surface area contributed by atoms with E-state index in [4.69, 9.17) is 0 Å². The Morgan fingerprint density at radius 1 is 1.12 bits per heavy atom. The molecule has 0 aliphatic carbocycles. The minimum Gasteiger partial charge on any atom is -0.335 e. The molecule has 1 fully saturated rings. The zero-order chi connectivity index (χ0) is 17.3. The fourth-order valence-corrected chi connectivity index (χ4v) is 5.47. The Kier molecular flexibility index (Phi) is 5.10. The number of carbonyl (C=O) groups excluding carboxylic acids is 1. The second kappa shape index (κ2) is 6.95. The maximum Gasteiger partial charge on any atom is 0.264 e. The van der Waals surface area contributed by atoms with Gasteiger partial charge in [-0.05, 0) is 37.3 Å². The molecule has 1 saturated heterocycles. The molecule has 0 unspecified atom stereocenters. The third kappa shape index (κ3) is 3.56. The lowest BCUT2D eigenvalue weighted by molar-refractivity contribution is 0.0703. The first-order chi connectivity index (χ1) is 11.4. The van der Waals surface area contributed by atoms with E-state index in [0.717, 1.165) is 9.35 Å². The molecular weight excluding hydrogens is 412 g/mol. The van der Waals surface area contributed by atoms with Crippen LogP contribution < -0.4 is 0 Å². The van der Waals surface area contributed by atoms with Gasteiger partial charge in [0.2, 0.25) is 10.0 Å². The highest BCUT2D eigenvalue weighted by molar-refractivity contribution is 9.10. The van der Waals surface area contributed by atoms with Crippen molar-refractivity contribution < 1.29 is 13.2 Å². The number of benzene rings is 1. The summed E-state index contributed by atoms with van der Waals surface area (Å²) in [6.45, 7) is 3.39. The van der Waals surface area contributed by atoms with E-state index in [-0.39, 0.29) is 10.8 Å². The molecule has 1 aromatic carbocycles. The third-order valence-corrected chi connectivity index (χ3v) is 7.29. The molecule has 1 amide bonds. The maximum atomic E-state index is 12.7. The van der Waals surface area contributed by atoms with Gasteiger partial charge in [0.05, 0.1) is 9.77 Å². The van der Waals surface area contributed by atoms with Crippen LogP contribution in [0.2, 0.25) is 0 Å². The summed E-state index contributed by atoms with van der Waals surface area (Å²) in [4.78, 5) is 16.2. The Bertz CT molecular complexity index is 856. The van der Waals surface area contributed by atoms with Gasteiger partial charge in [-0.3, -0.25) is 4.79 Å². The SMILES string of the molecule is Cc1ccc(C(=O)N2CCN(S(=O)(=O)c3cccc(Br)c3)CC2)s1. The van der Waals surface area contributed by atoms with Crippen molar-refractivity contribution in [1.82, 2.24) is 9.21 Å². The van der Waals surface area contributed by atoms with Crippen LogP contribution in [-0.2, 0) is 10.0 Å². The van der Waals surface area contributed by atoms with Gasteiger partial charge in [0, 0.05) is 35.5 Å². The molecule has 5 nitrogen and oxygen atoms in total. The Balaban J connectivity index is 1.69. The summed E-state index contributed by atoms with van der Waals surface area (Å²) < 4.78 is 27.6. The zero-order valence-corrected chi connectivity index (χ0v) is 16.3. The smallest absolute Gasteiger partial charge is 0.264 e. The molecule has 0 N–H and O–H groups in total. The third-order valence-electron chi connectivity index (χ3n) is 3.91. The fourth-order valence-electron chi connectivity index (χ4n) is 2.61. The predicted molar refractivity (Wildman–Crippen MR) is 97.9 cm³/mol. The van der Waals surface area contributed by atoms with Crippen molar-refractivity contribution in [3.05, 3.63) is 50.6 Å². The van der Waals surface area contributed by atoms with E-state index in [1.807, 2.05) is 19.1 Å². The number of amides is 1. The van der Waals surface area contributed by atoms with Crippen LogP contribution in [0.1, 0.15) is 14.5 Å². The van der Waals surface area contributed by atoms with Gasteiger partial charge in [0.1, 0.15) is 0 Å². The van der Waals surface area contributed by atoms with Crippen molar-refractivity contribution in [1.29, 1.82) is 0 Å². The Morgan fingerprint density at radius 2 is 1.83 bits per heavy atom. The van der Waals surface area contributed by atoms with Gasteiger partial charge >= 0.3 is 0 Å². The van der Waals surface area contributed by atoms with Gasteiger partial charge in [0.25, 0.3) is 5.91 Å². The van der Waals surface area contributed by atoms with Crippen molar-refractivity contribution in [3.8, 4) is 0 Å². The first-order valence-corrected chi connectivity index (χ1v) is 10.5. The first kappa shape index (κ1) is 17.6. The number of piperazine rings is 1. The minimum atomic E-state index is -3.53. The summed E-state index contributed by atoms with van der Waals surface area (Å²) in [5, 5.41) is 0. The average molecular weight is 429 g/mol. The Morgan fingerprint density at radius 3 is 2.42 bits per heavy atom. The fraction of sp³-hybridized carbons (Fsp3) is 0.312. The van der Waals surface area contributed by atoms with Crippen LogP contribution in [0, 0.1) is 6.92 Å². The number of hydrogen-bond donors (Lipinski definition) is 0. The Labute approximate surface area is 154 Å². The summed E-state index contributed by atoms with van der Waals surface area (Å²) in [6.07, 6.45) is 0. The number of sulfonamides is 1. The molecule has 8 heteroatoms. The van der Waals surface area contributed by atoms with Gasteiger partial charge in [-0.2, -0.15) is 4.31 Å². The molecule has 0 radical (unpaired) electrons. The molecule has 0 saturated carbocycles. The maximum absolute atomic E-state index is 12.7. The van der Waals surface area contributed by atoms with Gasteiger partial charge < -0.3 is 4.90 Å². The topological polar surface area (TPSA) is 57.7 Å². The lowest BCUT2D eigenvalue weighted by atomic mass is 10.3. The zero-order valence-electron chi connectivity index (χ0n) is 13.1. The van der Waals surface area contributed by atoms with Gasteiger partial charge in [-0.25, -0.2) is 8.42 Å². The molecule has 0 atom stereocenters. The molecule has 24 heavy (non-hydrogen) atoms. The minimum absolute atomic E-state index is 0.0207. The molecule has 0 spiro atoms. The first-order valence-electron chi connectivity index (χ1n) is 7.49. The van der Waals surface area contributed by atoms with Crippen molar-refractivity contribution in [2.45, 2.75) is 11.8 Å². The number of halogens is 1. The lowest BCUT2D eigenvalue weighted by Crippen LogP contribution is -2.50. The van der Waals surface area contributed by atoms with Crippen LogP contribution in [0.3, 0.4) is 0 Å². The molecule has 2 heterocycles. The molecule has 1 aliphatic rings. The van der Waals surface area contributed by atoms with Crippen molar-refractivity contribution >= 4 is 43.2 Å². The van der Waals surface area contributed by atoms with Crippen LogP contribution in [0.5, 0.6) is 0 Å². The van der Waals surface area contributed by atoms with E-state index in [9.17, 15) is 13.2 Å². The second-order valence-corrected chi connectivity index (χ2v) is 9.71. The highest BCUT2D eigenvalue weighted by atomic mass is 79.9. The van der Waals surface area contributed by atoms with Crippen LogP contribution in [-0.4, -0.2) is 49.7 Å². The average Bonchev–Trinajstić information content (AvgIpc) is 3.01. The Hall–Kier alpha value is -1.22. The number of nitrogens with zero attached hydrogens (tertiary/aromatic N) is 2. The van der Waals surface area contributed by atoms with Crippen molar-refractivity contribution in [2.75, 3.05) is 26.2 Å². The van der Waals surface area contributed by atoms with Crippen molar-refractivity contribution in [3.63, 3.8) is 0 Å². The highest BCUT2D eigenvalue weighted by Gasteiger charge is 2.30. The predicted octanol–water partition coefficient (Wildman–Crippen LogP) is 2.97.